The second-order valence-corrected chi connectivity index (χ2v) is 19.7. The third-order valence-electron chi connectivity index (χ3n) is 12.0. The average molecular weight is 993 g/mol. The molecule has 0 spiro atoms. The van der Waals surface area contributed by atoms with Gasteiger partial charge in [0.25, 0.3) is 0 Å². The van der Waals surface area contributed by atoms with E-state index in [-0.39, 0.29) is 13.0 Å². The number of carbonyl (C=O) groups excluding carboxylic acids is 1. The average Bonchev–Trinajstić information content (AvgIpc) is 3.34. The molecule has 398 valence electrons. The zero-order valence-corrected chi connectivity index (χ0v) is 43.7. The highest BCUT2D eigenvalue weighted by Gasteiger charge is 2.51. The second-order valence-electron chi connectivity index (χ2n) is 18.3. The van der Waals surface area contributed by atoms with Crippen LogP contribution in [0.4, 0.5) is 0 Å². The van der Waals surface area contributed by atoms with Crippen molar-refractivity contribution in [3.05, 3.63) is 85.1 Å². The standard InChI is InChI=1S/C56H97O12P/c1-3-5-7-9-11-13-15-17-19-21-23-24-25-26-27-28-30-32-34-36-38-40-42-44-46-65-47-49(48-66-69(63,64)68-56-54(61)52(59)51(58)53(60)55(56)62)67-50(57)45-43-41-39-37-35-33-31-29-22-20-18-16-14-12-10-8-6-4-2/h5,7,11,13,17,19-20,22-24,26-27,30,32,49,51-56,58-62H,3-4,6,8-10,12,14-16,18,21,25,28-29,31,33-48H2,1-2H3,(H,63,64)/b7-5-,13-11-,19-17-,22-20-,24-23-,27-26-,32-30-. The van der Waals surface area contributed by atoms with Gasteiger partial charge in [-0.15, -0.1) is 0 Å². The molecule has 0 amide bonds. The van der Waals surface area contributed by atoms with Crippen LogP contribution in [0.25, 0.3) is 0 Å². The first-order valence-electron chi connectivity index (χ1n) is 26.9. The van der Waals surface area contributed by atoms with Gasteiger partial charge in [-0.3, -0.25) is 13.8 Å². The van der Waals surface area contributed by atoms with Gasteiger partial charge in [0.15, 0.2) is 0 Å². The molecule has 1 aliphatic carbocycles. The summed E-state index contributed by atoms with van der Waals surface area (Å²) < 4.78 is 34.3. The van der Waals surface area contributed by atoms with Crippen molar-refractivity contribution in [3.8, 4) is 0 Å². The Kier molecular flexibility index (Phi) is 42.5. The van der Waals surface area contributed by atoms with Gasteiger partial charge in [-0.1, -0.05) is 189 Å². The summed E-state index contributed by atoms with van der Waals surface area (Å²) in [6.45, 7) is 4.10. The van der Waals surface area contributed by atoms with E-state index >= 15 is 0 Å². The summed E-state index contributed by atoms with van der Waals surface area (Å²) in [6.07, 6.45) is 49.3. The maximum Gasteiger partial charge on any atom is 0.472 e. The highest BCUT2D eigenvalue weighted by molar-refractivity contribution is 7.47. The molecule has 0 radical (unpaired) electrons. The van der Waals surface area contributed by atoms with Crippen molar-refractivity contribution in [1.82, 2.24) is 0 Å². The first-order valence-corrected chi connectivity index (χ1v) is 28.4. The van der Waals surface area contributed by atoms with Crippen LogP contribution in [-0.2, 0) is 27.9 Å². The van der Waals surface area contributed by atoms with E-state index in [1.165, 1.54) is 64.2 Å². The fourth-order valence-corrected chi connectivity index (χ4v) is 8.74. The Hall–Kier alpha value is -2.48. The molecule has 1 fully saturated rings. The Balaban J connectivity index is 2.35. The Labute approximate surface area is 418 Å². The van der Waals surface area contributed by atoms with Crippen molar-refractivity contribution in [2.45, 2.75) is 243 Å². The monoisotopic (exact) mass is 993 g/mol. The molecule has 13 heteroatoms. The molecule has 0 saturated heterocycles. The molecule has 0 aliphatic heterocycles. The van der Waals surface area contributed by atoms with Gasteiger partial charge >= 0.3 is 13.8 Å². The van der Waals surface area contributed by atoms with Crippen molar-refractivity contribution in [3.63, 3.8) is 0 Å². The normalized spacial score (nSPS) is 21.7. The summed E-state index contributed by atoms with van der Waals surface area (Å²) in [4.78, 5) is 23.3. The summed E-state index contributed by atoms with van der Waals surface area (Å²) in [5.41, 5.74) is 0. The summed E-state index contributed by atoms with van der Waals surface area (Å²) in [5, 5.41) is 50.4. The number of aliphatic hydroxyl groups is 5. The minimum Gasteiger partial charge on any atom is -0.457 e. The van der Waals surface area contributed by atoms with Crippen LogP contribution < -0.4 is 0 Å². The van der Waals surface area contributed by atoms with Crippen LogP contribution in [0.3, 0.4) is 0 Å². The van der Waals surface area contributed by atoms with E-state index in [0.717, 1.165) is 109 Å². The van der Waals surface area contributed by atoms with Crippen LogP contribution in [0, 0.1) is 0 Å². The SMILES string of the molecule is CC/C=C\C/C=C\C/C=C\C/C=C\C/C=C\C/C=C\CCCCCCCOCC(COP(=O)(O)OC1C(O)C(O)C(O)C(O)C1O)OC(=O)CCCCCCCCC/C=C\CCCCCCCCC. The van der Waals surface area contributed by atoms with Crippen molar-refractivity contribution < 1.29 is 58.3 Å². The predicted molar refractivity (Wildman–Crippen MR) is 281 cm³/mol. The van der Waals surface area contributed by atoms with Gasteiger partial charge < -0.3 is 39.9 Å². The van der Waals surface area contributed by atoms with Crippen molar-refractivity contribution in [2.24, 2.45) is 0 Å². The van der Waals surface area contributed by atoms with Crippen LogP contribution in [0.1, 0.15) is 200 Å². The first-order chi connectivity index (χ1) is 33.5. The van der Waals surface area contributed by atoms with Crippen LogP contribution >= 0.6 is 7.82 Å². The van der Waals surface area contributed by atoms with E-state index in [2.05, 4.69) is 98.9 Å². The number of hydrogen-bond donors (Lipinski definition) is 6. The van der Waals surface area contributed by atoms with Crippen molar-refractivity contribution in [2.75, 3.05) is 19.8 Å². The number of rotatable bonds is 45. The number of aliphatic hydroxyl groups excluding tert-OH is 5. The van der Waals surface area contributed by atoms with E-state index in [1.807, 2.05) is 0 Å². The number of phosphoric acid groups is 1. The molecule has 69 heavy (non-hydrogen) atoms. The molecule has 0 aromatic carbocycles. The Bertz CT molecular complexity index is 1460. The number of allylic oxidation sites excluding steroid dienone is 14. The quantitative estimate of drug-likeness (QED) is 0.0147. The Morgan fingerprint density at radius 1 is 0.478 bits per heavy atom. The summed E-state index contributed by atoms with van der Waals surface area (Å²) in [5.74, 6) is -0.491. The summed E-state index contributed by atoms with van der Waals surface area (Å²) in [7, 11) is -5.04. The van der Waals surface area contributed by atoms with E-state index in [9.17, 15) is 39.8 Å². The lowest BCUT2D eigenvalue weighted by Crippen LogP contribution is -2.64. The fourth-order valence-electron chi connectivity index (χ4n) is 7.77. The minimum absolute atomic E-state index is 0.0962. The number of hydrogen-bond acceptors (Lipinski definition) is 11. The third-order valence-corrected chi connectivity index (χ3v) is 13.0. The molecule has 12 nitrogen and oxygen atoms in total. The zero-order valence-electron chi connectivity index (χ0n) is 42.8. The maximum atomic E-state index is 12.9. The molecule has 1 aliphatic rings. The molecule has 6 unspecified atom stereocenters. The van der Waals surface area contributed by atoms with Gasteiger partial charge in [0.1, 0.15) is 42.7 Å². The largest absolute Gasteiger partial charge is 0.472 e. The van der Waals surface area contributed by atoms with Gasteiger partial charge in [0.2, 0.25) is 0 Å². The molecule has 1 saturated carbocycles. The highest BCUT2D eigenvalue weighted by atomic mass is 31.2. The van der Waals surface area contributed by atoms with E-state index in [4.69, 9.17) is 18.5 Å². The fraction of sp³-hybridized carbons (Fsp3) is 0.732. The van der Waals surface area contributed by atoms with Crippen LogP contribution in [0.2, 0.25) is 0 Å². The third kappa shape index (κ3) is 37.0. The molecule has 1 rings (SSSR count). The molecule has 0 bridgehead atoms. The van der Waals surface area contributed by atoms with Gasteiger partial charge in [-0.05, 0) is 89.9 Å². The lowest BCUT2D eigenvalue weighted by Gasteiger charge is -2.41. The van der Waals surface area contributed by atoms with Crippen LogP contribution in [-0.4, -0.2) is 98.9 Å². The number of esters is 1. The van der Waals surface area contributed by atoms with Crippen LogP contribution in [0.15, 0.2) is 85.1 Å². The molecule has 0 aromatic rings. The van der Waals surface area contributed by atoms with Crippen molar-refractivity contribution >= 4 is 13.8 Å². The maximum absolute atomic E-state index is 12.9. The second kappa shape index (κ2) is 45.4. The number of carbonyl (C=O) groups is 1. The lowest BCUT2D eigenvalue weighted by atomic mass is 9.85. The summed E-state index contributed by atoms with van der Waals surface area (Å²) >= 11 is 0. The Morgan fingerprint density at radius 3 is 1.32 bits per heavy atom. The van der Waals surface area contributed by atoms with Gasteiger partial charge in [0.05, 0.1) is 13.2 Å². The van der Waals surface area contributed by atoms with Gasteiger partial charge in [-0.25, -0.2) is 4.57 Å². The predicted octanol–water partition coefficient (Wildman–Crippen LogP) is 12.5. The van der Waals surface area contributed by atoms with E-state index in [0.29, 0.717) is 13.0 Å². The van der Waals surface area contributed by atoms with E-state index < -0.39 is 63.1 Å². The van der Waals surface area contributed by atoms with Crippen LogP contribution in [0.5, 0.6) is 0 Å². The zero-order chi connectivity index (χ0) is 50.5. The molecule has 0 heterocycles. The minimum atomic E-state index is -5.04. The Morgan fingerprint density at radius 2 is 0.855 bits per heavy atom. The number of unbranched alkanes of at least 4 members (excludes halogenated alkanes) is 19. The summed E-state index contributed by atoms with van der Waals surface area (Å²) in [6, 6.07) is 0. The smallest absolute Gasteiger partial charge is 0.457 e. The first kappa shape index (κ1) is 64.5. The van der Waals surface area contributed by atoms with Crippen molar-refractivity contribution in [1.29, 1.82) is 0 Å². The highest BCUT2D eigenvalue weighted by Crippen LogP contribution is 2.47. The molecule has 0 aromatic heterocycles. The molecular weight excluding hydrogens is 896 g/mol. The van der Waals surface area contributed by atoms with E-state index in [1.54, 1.807) is 0 Å². The van der Waals surface area contributed by atoms with Gasteiger partial charge in [-0.2, -0.15) is 0 Å². The molecule has 6 N–H and O–H groups in total. The number of ether oxygens (including phenoxy) is 2. The number of phosphoric ester groups is 1. The lowest BCUT2D eigenvalue weighted by molar-refractivity contribution is -0.220. The van der Waals surface area contributed by atoms with Gasteiger partial charge in [0, 0.05) is 13.0 Å². The molecule has 6 atom stereocenters. The topological polar surface area (TPSA) is 192 Å². The molecular formula is C56H97O12P.